The van der Waals surface area contributed by atoms with Crippen LogP contribution in [0.2, 0.25) is 0 Å². The van der Waals surface area contributed by atoms with Gasteiger partial charge in [0.1, 0.15) is 11.7 Å². The Morgan fingerprint density at radius 1 is 1.42 bits per heavy atom. The summed E-state index contributed by atoms with van der Waals surface area (Å²) in [5.41, 5.74) is 0.557. The lowest BCUT2D eigenvalue weighted by molar-refractivity contribution is -0.00800. The minimum Gasteiger partial charge on any atom is -0.444 e. The number of morpholine rings is 1. The van der Waals surface area contributed by atoms with Crippen LogP contribution in [0.4, 0.5) is 4.79 Å². The van der Waals surface area contributed by atoms with Gasteiger partial charge in [0.25, 0.3) is 0 Å². The first-order chi connectivity index (χ1) is 12.3. The molecule has 2 heterocycles. The summed E-state index contributed by atoms with van der Waals surface area (Å²) in [7, 11) is 3.64. The maximum Gasteiger partial charge on any atom is 0.407 e. The van der Waals surface area contributed by atoms with E-state index in [4.69, 9.17) is 9.47 Å². The van der Waals surface area contributed by atoms with E-state index in [9.17, 15) is 4.79 Å². The number of aromatic nitrogens is 2. The highest BCUT2D eigenvalue weighted by Gasteiger charge is 2.25. The van der Waals surface area contributed by atoms with Crippen LogP contribution in [0.5, 0.6) is 0 Å². The van der Waals surface area contributed by atoms with Crippen LogP contribution in [-0.2, 0) is 16.5 Å². The van der Waals surface area contributed by atoms with E-state index in [1.165, 1.54) is 0 Å². The number of nitrogens with one attached hydrogen (secondary N) is 2. The average Bonchev–Trinajstić information content (AvgIpc) is 3.00. The molecule has 1 aromatic heterocycles. The van der Waals surface area contributed by atoms with Gasteiger partial charge in [-0.2, -0.15) is 5.10 Å². The van der Waals surface area contributed by atoms with Gasteiger partial charge in [-0.1, -0.05) is 0 Å². The summed E-state index contributed by atoms with van der Waals surface area (Å²) >= 11 is 0. The van der Waals surface area contributed by atoms with Crippen molar-refractivity contribution < 1.29 is 14.3 Å². The Balaban J connectivity index is 1.78. The number of hydrogen-bond acceptors (Lipinski definition) is 5. The van der Waals surface area contributed by atoms with Gasteiger partial charge in [-0.05, 0) is 20.8 Å². The molecule has 0 saturated carbocycles. The molecular formula is C17H30N6O3. The van der Waals surface area contributed by atoms with Crippen LogP contribution in [0.15, 0.2) is 17.4 Å². The van der Waals surface area contributed by atoms with Crippen molar-refractivity contribution in [2.24, 2.45) is 12.0 Å². The van der Waals surface area contributed by atoms with E-state index in [0.717, 1.165) is 18.1 Å². The molecule has 146 valence electrons. The van der Waals surface area contributed by atoms with Gasteiger partial charge in [0.05, 0.1) is 19.3 Å². The smallest absolute Gasteiger partial charge is 0.407 e. The van der Waals surface area contributed by atoms with E-state index in [1.807, 2.05) is 40.2 Å². The number of carbonyl (C=O) groups excluding carboxylic acids is 1. The Bertz CT molecular complexity index is 622. The van der Waals surface area contributed by atoms with Crippen LogP contribution in [0.25, 0.3) is 0 Å². The minimum atomic E-state index is -0.497. The highest BCUT2D eigenvalue weighted by atomic mass is 16.6. The molecule has 2 N–H and O–H groups in total. The largest absolute Gasteiger partial charge is 0.444 e. The second-order valence-corrected chi connectivity index (χ2v) is 7.16. The van der Waals surface area contributed by atoms with Gasteiger partial charge >= 0.3 is 6.09 Å². The molecule has 0 spiro atoms. The van der Waals surface area contributed by atoms with Gasteiger partial charge in [0.15, 0.2) is 5.96 Å². The SMILES string of the molecule is CN=C(NCCNC(=O)OC(C)(C)C)N1CCOC(c2cnn(C)c2)C1. The monoisotopic (exact) mass is 366 g/mol. The van der Waals surface area contributed by atoms with E-state index in [-0.39, 0.29) is 6.10 Å². The maximum atomic E-state index is 11.7. The normalized spacial score (nSPS) is 18.6. The lowest BCUT2D eigenvalue weighted by Crippen LogP contribution is -2.49. The molecule has 9 heteroatoms. The third-order valence-corrected chi connectivity index (χ3v) is 3.75. The number of nitrogens with zero attached hydrogens (tertiary/aromatic N) is 4. The lowest BCUT2D eigenvalue weighted by atomic mass is 10.1. The summed E-state index contributed by atoms with van der Waals surface area (Å²) in [4.78, 5) is 18.1. The standard InChI is InChI=1S/C17H30N6O3/c1-17(2,3)26-16(24)20-7-6-19-15(18-4)23-8-9-25-14(12-23)13-10-21-22(5)11-13/h10-11,14H,6-9,12H2,1-5H3,(H,18,19)(H,20,24). The Hall–Kier alpha value is -2.29. The Morgan fingerprint density at radius 2 is 2.15 bits per heavy atom. The number of alkyl carbamates (subject to hydrolysis) is 1. The van der Waals surface area contributed by atoms with E-state index in [1.54, 1.807) is 11.7 Å². The van der Waals surface area contributed by atoms with Crippen molar-refractivity contribution in [3.63, 3.8) is 0 Å². The maximum absolute atomic E-state index is 11.7. The fraction of sp³-hybridized carbons (Fsp3) is 0.706. The van der Waals surface area contributed by atoms with Crippen molar-refractivity contribution in [2.75, 3.05) is 39.8 Å². The zero-order valence-electron chi connectivity index (χ0n) is 16.3. The molecule has 0 radical (unpaired) electrons. The molecule has 1 aliphatic heterocycles. The first-order valence-electron chi connectivity index (χ1n) is 8.81. The minimum absolute atomic E-state index is 0.0316. The summed E-state index contributed by atoms with van der Waals surface area (Å²) in [6, 6.07) is 0. The van der Waals surface area contributed by atoms with E-state index in [0.29, 0.717) is 26.2 Å². The van der Waals surface area contributed by atoms with Crippen LogP contribution >= 0.6 is 0 Å². The number of guanidine groups is 1. The third kappa shape index (κ3) is 6.21. The van der Waals surface area contributed by atoms with Crippen molar-refractivity contribution in [1.29, 1.82) is 0 Å². The second-order valence-electron chi connectivity index (χ2n) is 7.16. The Labute approximate surface area is 154 Å². The molecule has 1 fully saturated rings. The summed E-state index contributed by atoms with van der Waals surface area (Å²) in [6.07, 6.45) is 3.35. The fourth-order valence-electron chi connectivity index (χ4n) is 2.64. The number of rotatable bonds is 4. The molecule has 0 bridgehead atoms. The van der Waals surface area contributed by atoms with Crippen LogP contribution < -0.4 is 10.6 Å². The second kappa shape index (κ2) is 8.88. The number of carbonyl (C=O) groups is 1. The number of hydrogen-bond donors (Lipinski definition) is 2. The quantitative estimate of drug-likeness (QED) is 0.467. The summed E-state index contributed by atoms with van der Waals surface area (Å²) in [5, 5.41) is 10.2. The first kappa shape index (κ1) is 20.0. The molecule has 1 saturated heterocycles. The van der Waals surface area contributed by atoms with Gasteiger partial charge < -0.3 is 25.0 Å². The zero-order valence-corrected chi connectivity index (χ0v) is 16.3. The molecule has 0 aliphatic carbocycles. The topological polar surface area (TPSA) is 93.0 Å². The molecule has 0 aromatic carbocycles. The summed E-state index contributed by atoms with van der Waals surface area (Å²) < 4.78 is 12.8. The molecule has 1 atom stereocenters. The van der Waals surface area contributed by atoms with Gasteiger partial charge in [-0.15, -0.1) is 0 Å². The van der Waals surface area contributed by atoms with Crippen molar-refractivity contribution in [1.82, 2.24) is 25.3 Å². The Morgan fingerprint density at radius 3 is 2.77 bits per heavy atom. The van der Waals surface area contributed by atoms with Crippen molar-refractivity contribution in [3.8, 4) is 0 Å². The predicted octanol–water partition coefficient (Wildman–Crippen LogP) is 0.893. The zero-order chi connectivity index (χ0) is 19.2. The highest BCUT2D eigenvalue weighted by Crippen LogP contribution is 2.21. The number of aryl methyl sites for hydroxylation is 1. The fourth-order valence-corrected chi connectivity index (χ4v) is 2.64. The highest BCUT2D eigenvalue weighted by molar-refractivity contribution is 5.80. The predicted molar refractivity (Wildman–Crippen MR) is 99.1 cm³/mol. The third-order valence-electron chi connectivity index (χ3n) is 3.75. The average molecular weight is 366 g/mol. The molecular weight excluding hydrogens is 336 g/mol. The van der Waals surface area contributed by atoms with Crippen LogP contribution in [-0.4, -0.2) is 72.2 Å². The van der Waals surface area contributed by atoms with Crippen LogP contribution in [0.1, 0.15) is 32.4 Å². The molecule has 26 heavy (non-hydrogen) atoms. The molecule has 9 nitrogen and oxygen atoms in total. The van der Waals surface area contributed by atoms with E-state index >= 15 is 0 Å². The van der Waals surface area contributed by atoms with Crippen molar-refractivity contribution in [3.05, 3.63) is 18.0 Å². The molecule has 1 amide bonds. The number of ether oxygens (including phenoxy) is 2. The first-order valence-corrected chi connectivity index (χ1v) is 8.81. The van der Waals surface area contributed by atoms with Crippen molar-refractivity contribution in [2.45, 2.75) is 32.5 Å². The van der Waals surface area contributed by atoms with Crippen LogP contribution in [0.3, 0.4) is 0 Å². The lowest BCUT2D eigenvalue weighted by Gasteiger charge is -2.34. The molecule has 2 rings (SSSR count). The number of aliphatic imine (C=N–C) groups is 1. The van der Waals surface area contributed by atoms with Crippen LogP contribution in [0, 0.1) is 0 Å². The van der Waals surface area contributed by atoms with Gasteiger partial charge in [-0.3, -0.25) is 9.67 Å². The Kier molecular flexibility index (Phi) is 6.84. The van der Waals surface area contributed by atoms with Crippen molar-refractivity contribution >= 4 is 12.1 Å². The number of amides is 1. The molecule has 1 unspecified atom stereocenters. The molecule has 1 aliphatic rings. The van der Waals surface area contributed by atoms with Gasteiger partial charge in [0.2, 0.25) is 0 Å². The van der Waals surface area contributed by atoms with E-state index in [2.05, 4.69) is 25.6 Å². The summed E-state index contributed by atoms with van der Waals surface area (Å²) in [5.74, 6) is 0.785. The molecule has 1 aromatic rings. The summed E-state index contributed by atoms with van der Waals surface area (Å²) in [6.45, 7) is 8.60. The van der Waals surface area contributed by atoms with E-state index < -0.39 is 11.7 Å². The van der Waals surface area contributed by atoms with Gasteiger partial charge in [0, 0.05) is 45.5 Å². The van der Waals surface area contributed by atoms with Gasteiger partial charge in [-0.25, -0.2) is 4.79 Å².